The molecule has 0 atom stereocenters. The van der Waals surface area contributed by atoms with Crippen LogP contribution in [0.2, 0.25) is 0 Å². The van der Waals surface area contributed by atoms with E-state index < -0.39 is 22.7 Å². The maximum atomic E-state index is 13.4. The van der Waals surface area contributed by atoms with E-state index in [0.717, 1.165) is 0 Å². The van der Waals surface area contributed by atoms with Crippen LogP contribution in [0, 0.1) is 23.3 Å². The fourth-order valence-corrected chi connectivity index (χ4v) is 6.95. The van der Waals surface area contributed by atoms with E-state index in [1.807, 2.05) is 0 Å². The van der Waals surface area contributed by atoms with Crippen LogP contribution >= 0.6 is 11.6 Å². The molecule has 6 aromatic carbocycles. The first kappa shape index (κ1) is 50.2. The zero-order chi connectivity index (χ0) is 49.5. The van der Waals surface area contributed by atoms with Gasteiger partial charge in [0.25, 0.3) is 23.0 Å². The molecule has 0 aliphatic carbocycles. The van der Waals surface area contributed by atoms with Crippen LogP contribution in [-0.4, -0.2) is 107 Å². The van der Waals surface area contributed by atoms with Gasteiger partial charge in [-0.15, -0.1) is 0 Å². The Labute approximate surface area is 399 Å². The lowest BCUT2D eigenvalue weighted by molar-refractivity contribution is 0.0666. The van der Waals surface area contributed by atoms with E-state index in [1.165, 1.54) is 84.9 Å². The van der Waals surface area contributed by atoms with Crippen molar-refractivity contribution in [1.82, 2.24) is 19.6 Å². The van der Waals surface area contributed by atoms with Gasteiger partial charge in [-0.3, -0.25) is 19.2 Å². The summed E-state index contributed by atoms with van der Waals surface area (Å²) in [4.78, 5) is 78.9. The third kappa shape index (κ3) is 14.9. The average molecular weight is 965 g/mol. The lowest BCUT2D eigenvalue weighted by Crippen LogP contribution is -2.51. The smallest absolute Gasteiger partial charge is 0.321 e. The molecule has 7 amide bonds. The number of hydrogen-bond donors (Lipinski definition) is 4. The van der Waals surface area contributed by atoms with Crippen molar-refractivity contribution in [2.75, 3.05) is 74.0 Å². The zero-order valence-corrected chi connectivity index (χ0v) is 37.5. The van der Waals surface area contributed by atoms with Gasteiger partial charge < -0.3 is 41.3 Å². The third-order valence-corrected chi connectivity index (χ3v) is 10.8. The molecule has 19 heteroatoms. The number of nitrogens with one attached hydrogen (secondary N) is 3. The first-order valence-corrected chi connectivity index (χ1v) is 21.7. The van der Waals surface area contributed by atoms with Crippen LogP contribution in [0.15, 0.2) is 146 Å². The van der Waals surface area contributed by atoms with E-state index in [9.17, 15) is 46.3 Å². The van der Waals surface area contributed by atoms with Gasteiger partial charge in [-0.2, -0.15) is 0 Å². The summed E-state index contributed by atoms with van der Waals surface area (Å²) in [6.45, 7) is 3.03. The van der Waals surface area contributed by atoms with E-state index >= 15 is 0 Å². The number of anilines is 4. The van der Waals surface area contributed by atoms with Gasteiger partial charge in [-0.05, 0) is 145 Å². The number of benzene rings is 6. The number of carbonyl (C=O) groups excluding carboxylic acids is 6. The van der Waals surface area contributed by atoms with Crippen LogP contribution in [0.4, 0.5) is 49.9 Å². The van der Waals surface area contributed by atoms with Crippen molar-refractivity contribution in [2.24, 2.45) is 0 Å². The van der Waals surface area contributed by atoms with Crippen LogP contribution < -0.4 is 21.7 Å². The molecule has 0 saturated carbocycles. The Bertz CT molecular complexity index is 2750. The number of nitrogen functional groups attached to an aromatic ring is 1. The van der Waals surface area contributed by atoms with Crippen molar-refractivity contribution in [3.05, 3.63) is 191 Å². The maximum Gasteiger partial charge on any atom is 0.321 e. The number of nitrogens with two attached hydrogens (primary N) is 1. The number of piperazine rings is 2. The molecular weight excluding hydrogens is 920 g/mol. The molecule has 0 radical (unpaired) electrons. The number of amides is 7. The van der Waals surface area contributed by atoms with Crippen molar-refractivity contribution in [1.29, 1.82) is 0 Å². The van der Waals surface area contributed by atoms with E-state index in [0.29, 0.717) is 91.8 Å². The fraction of sp³-hybridized carbons (Fsp3) is 0.160. The van der Waals surface area contributed by atoms with E-state index in [2.05, 4.69) is 16.0 Å². The molecule has 8 rings (SSSR count). The summed E-state index contributed by atoms with van der Waals surface area (Å²) in [6.07, 6.45) is 0. The largest absolute Gasteiger partial charge is 0.399 e. The highest BCUT2D eigenvalue weighted by molar-refractivity contribution is 6.67. The standard InChI is InChI=1S/C25H22F2N4O3.C18H19FN4O2.C7H4ClFO/c26-19-6-4-17(5-7-19)23(32)28-21-8-10-22(11-9-21)29-25(34)31-14-12-30(13-15-31)24(33)18-2-1-3-20(27)16-18;19-14-3-1-2-13(12-14)17(24)22-8-10-23(11-9-22)18(25)21-16-6-4-15(20)5-7-16;8-7(10)5-1-3-6(9)4-2-5/h1-11,16H,12-15H2,(H,28,32)(H,29,34);1-7,12H,8-11,20H2,(H,21,25);1-4H. The highest BCUT2D eigenvalue weighted by atomic mass is 35.5. The molecule has 14 nitrogen and oxygen atoms in total. The second-order valence-electron chi connectivity index (χ2n) is 15.4. The van der Waals surface area contributed by atoms with Crippen molar-refractivity contribution < 1.29 is 46.3 Å². The monoisotopic (exact) mass is 964 g/mol. The molecule has 0 aromatic heterocycles. The fourth-order valence-electron chi connectivity index (χ4n) is 6.83. The molecule has 2 saturated heterocycles. The first-order chi connectivity index (χ1) is 33.1. The van der Waals surface area contributed by atoms with Crippen LogP contribution in [0.3, 0.4) is 0 Å². The van der Waals surface area contributed by atoms with Gasteiger partial charge in [-0.25, -0.2) is 27.2 Å². The van der Waals surface area contributed by atoms with E-state index in [1.54, 1.807) is 80.3 Å². The predicted molar refractivity (Wildman–Crippen MR) is 254 cm³/mol. The highest BCUT2D eigenvalue weighted by Crippen LogP contribution is 2.18. The summed E-state index contributed by atoms with van der Waals surface area (Å²) in [5.41, 5.74) is 9.22. The number of nitrogens with zero attached hydrogens (tertiary/aromatic N) is 4. The molecule has 69 heavy (non-hydrogen) atoms. The van der Waals surface area contributed by atoms with Crippen molar-refractivity contribution >= 4 is 69.4 Å². The third-order valence-electron chi connectivity index (χ3n) is 10.6. The number of halogens is 5. The van der Waals surface area contributed by atoms with Crippen LogP contribution in [0.1, 0.15) is 41.4 Å². The Balaban J connectivity index is 0.000000195. The molecule has 2 fully saturated rings. The second kappa shape index (κ2) is 24.0. The SMILES string of the molecule is Nc1ccc(NC(=O)N2CCN(C(=O)c3cccc(F)c3)CC2)cc1.O=C(Cl)c1ccc(F)cc1.O=C(Nc1ccc(NC(=O)N2CCN(C(=O)c3cccc(F)c3)CC2)cc1)c1ccc(F)cc1. The lowest BCUT2D eigenvalue weighted by Gasteiger charge is -2.34. The van der Waals surface area contributed by atoms with Gasteiger partial charge in [0.2, 0.25) is 0 Å². The Morgan fingerprint density at radius 3 is 1.13 bits per heavy atom. The summed E-state index contributed by atoms with van der Waals surface area (Å²) in [5, 5.41) is 7.73. The number of rotatable bonds is 7. The zero-order valence-electron chi connectivity index (χ0n) is 36.7. The van der Waals surface area contributed by atoms with E-state index in [-0.39, 0.29) is 41.2 Å². The average Bonchev–Trinajstić information content (AvgIpc) is 3.35. The molecule has 0 unspecified atom stereocenters. The van der Waals surface area contributed by atoms with Crippen LogP contribution in [0.25, 0.3) is 0 Å². The number of urea groups is 2. The van der Waals surface area contributed by atoms with Crippen LogP contribution in [0.5, 0.6) is 0 Å². The maximum absolute atomic E-state index is 13.4. The minimum Gasteiger partial charge on any atom is -0.399 e. The highest BCUT2D eigenvalue weighted by Gasteiger charge is 2.27. The molecular formula is C50H45ClF4N8O6. The molecule has 2 heterocycles. The number of carbonyl (C=O) groups is 6. The number of hydrogen-bond acceptors (Lipinski definition) is 7. The normalized spacial score (nSPS) is 13.1. The molecule has 2 aliphatic rings. The Hall–Kier alpha value is -8.25. The molecule has 6 aromatic rings. The van der Waals surface area contributed by atoms with Gasteiger partial charge in [-0.1, -0.05) is 12.1 Å². The minimum atomic E-state index is -0.569. The van der Waals surface area contributed by atoms with E-state index in [4.69, 9.17) is 17.3 Å². The molecule has 5 N–H and O–H groups in total. The summed E-state index contributed by atoms with van der Waals surface area (Å²) in [7, 11) is 0. The molecule has 2 aliphatic heterocycles. The molecule has 0 bridgehead atoms. The quantitative estimate of drug-likeness (QED) is 0.0702. The second-order valence-corrected chi connectivity index (χ2v) is 15.7. The molecule has 0 spiro atoms. The summed E-state index contributed by atoms with van der Waals surface area (Å²) < 4.78 is 51.8. The Morgan fingerprint density at radius 2 is 0.754 bits per heavy atom. The predicted octanol–water partition coefficient (Wildman–Crippen LogP) is 8.81. The Morgan fingerprint density at radius 1 is 0.406 bits per heavy atom. The summed E-state index contributed by atoms with van der Waals surface area (Å²) in [6, 6.07) is 34.4. The lowest BCUT2D eigenvalue weighted by atomic mass is 10.2. The topological polar surface area (TPSA) is 177 Å². The van der Waals surface area contributed by atoms with Crippen molar-refractivity contribution in [2.45, 2.75) is 0 Å². The molecule has 356 valence electrons. The van der Waals surface area contributed by atoms with Gasteiger partial charge in [0, 0.05) is 97.4 Å². The van der Waals surface area contributed by atoms with Gasteiger partial charge in [0.15, 0.2) is 0 Å². The van der Waals surface area contributed by atoms with Crippen molar-refractivity contribution in [3.63, 3.8) is 0 Å². The van der Waals surface area contributed by atoms with Gasteiger partial charge in [0.05, 0.1) is 0 Å². The van der Waals surface area contributed by atoms with Crippen LogP contribution in [-0.2, 0) is 0 Å². The summed E-state index contributed by atoms with van der Waals surface area (Å²) >= 11 is 5.09. The van der Waals surface area contributed by atoms with Crippen molar-refractivity contribution in [3.8, 4) is 0 Å². The van der Waals surface area contributed by atoms with Gasteiger partial charge in [0.1, 0.15) is 23.3 Å². The summed E-state index contributed by atoms with van der Waals surface area (Å²) in [5.74, 6) is -2.56. The Kier molecular flexibility index (Phi) is 17.4. The minimum absolute atomic E-state index is 0.220. The first-order valence-electron chi connectivity index (χ1n) is 21.3. The van der Waals surface area contributed by atoms with Gasteiger partial charge >= 0.3 is 12.1 Å².